The molecule has 0 radical (unpaired) electrons. The van der Waals surface area contributed by atoms with Crippen molar-refractivity contribution in [1.82, 2.24) is 0 Å². The van der Waals surface area contributed by atoms with Crippen LogP contribution in [-0.4, -0.2) is 41.4 Å². The Labute approximate surface area is 176 Å². The molecular formula is C25H50NO2+. The zero-order valence-corrected chi connectivity index (χ0v) is 19.2. The molecule has 0 saturated heterocycles. The van der Waals surface area contributed by atoms with E-state index < -0.39 is 0 Å². The Morgan fingerprint density at radius 3 is 1.14 bits per heavy atom. The molecule has 0 fully saturated rings. The van der Waals surface area contributed by atoms with Crippen LogP contribution in [0.15, 0.2) is 24.7 Å². The van der Waals surface area contributed by atoms with Gasteiger partial charge in [-0.2, -0.15) is 0 Å². The van der Waals surface area contributed by atoms with Gasteiger partial charge in [-0.1, -0.05) is 110 Å². The first kappa shape index (κ1) is 27.0. The van der Waals surface area contributed by atoms with E-state index in [0.29, 0.717) is 17.6 Å². The van der Waals surface area contributed by atoms with E-state index in [4.69, 9.17) is 0 Å². The smallest absolute Gasteiger partial charge is 0.139 e. The molecule has 0 unspecified atom stereocenters. The summed E-state index contributed by atoms with van der Waals surface area (Å²) in [4.78, 5) is 0. The van der Waals surface area contributed by atoms with Gasteiger partial charge in [0.05, 0.1) is 13.6 Å². The fraction of sp³-hybridized carbons (Fsp3) is 0.840. The number of hydrogen-bond donors (Lipinski definition) is 2. The normalized spacial score (nSPS) is 11.6. The Hall–Kier alpha value is -0.960. The molecule has 0 aromatic carbocycles. The SMILES string of the molecule is C=C(O)C[N+](C)(CCCCCCCCCCCCCCCCCC)CC(=C)O. The van der Waals surface area contributed by atoms with Crippen molar-refractivity contribution >= 4 is 0 Å². The summed E-state index contributed by atoms with van der Waals surface area (Å²) in [5, 5.41) is 19.0. The first-order valence-electron chi connectivity index (χ1n) is 12.0. The molecule has 0 bridgehead atoms. The molecule has 3 heteroatoms. The Kier molecular flexibility index (Phi) is 17.5. The summed E-state index contributed by atoms with van der Waals surface area (Å²) < 4.78 is 0.587. The lowest BCUT2D eigenvalue weighted by molar-refractivity contribution is -0.903. The average Bonchev–Trinajstić information content (AvgIpc) is 2.60. The molecule has 0 aliphatic heterocycles. The molecule has 0 aliphatic rings. The van der Waals surface area contributed by atoms with E-state index in [1.807, 2.05) is 7.05 Å². The van der Waals surface area contributed by atoms with E-state index in [9.17, 15) is 10.2 Å². The van der Waals surface area contributed by atoms with Crippen LogP contribution in [0, 0.1) is 0 Å². The highest BCUT2D eigenvalue weighted by molar-refractivity contribution is 4.83. The third kappa shape index (κ3) is 18.4. The molecule has 0 aromatic rings. The van der Waals surface area contributed by atoms with Crippen LogP contribution in [0.4, 0.5) is 0 Å². The van der Waals surface area contributed by atoms with Crippen LogP contribution in [-0.2, 0) is 0 Å². The molecule has 0 atom stereocenters. The summed E-state index contributed by atoms with van der Waals surface area (Å²) in [6.45, 7) is 11.4. The van der Waals surface area contributed by atoms with Gasteiger partial charge in [-0.25, -0.2) is 0 Å². The highest BCUT2D eigenvalue weighted by atomic mass is 16.3. The van der Waals surface area contributed by atoms with Gasteiger partial charge < -0.3 is 14.7 Å². The van der Waals surface area contributed by atoms with E-state index in [0.717, 1.165) is 13.0 Å². The second-order valence-electron chi connectivity index (χ2n) is 9.10. The van der Waals surface area contributed by atoms with Gasteiger partial charge in [0.25, 0.3) is 0 Å². The van der Waals surface area contributed by atoms with Crippen LogP contribution in [0.3, 0.4) is 0 Å². The minimum Gasteiger partial charge on any atom is -0.507 e. The summed E-state index contributed by atoms with van der Waals surface area (Å²) in [6, 6.07) is 0. The lowest BCUT2D eigenvalue weighted by atomic mass is 10.0. The van der Waals surface area contributed by atoms with Gasteiger partial charge >= 0.3 is 0 Å². The molecule has 28 heavy (non-hydrogen) atoms. The summed E-state index contributed by atoms with van der Waals surface area (Å²) in [6.07, 6.45) is 21.9. The highest BCUT2D eigenvalue weighted by Gasteiger charge is 2.23. The van der Waals surface area contributed by atoms with Gasteiger partial charge in [0.2, 0.25) is 0 Å². The van der Waals surface area contributed by atoms with E-state index >= 15 is 0 Å². The van der Waals surface area contributed by atoms with Crippen LogP contribution in [0.25, 0.3) is 0 Å². The Morgan fingerprint density at radius 1 is 0.571 bits per heavy atom. The van der Waals surface area contributed by atoms with E-state index in [1.54, 1.807) is 0 Å². The fourth-order valence-corrected chi connectivity index (χ4v) is 4.14. The predicted octanol–water partition coefficient (Wildman–Crippen LogP) is 7.84. The number of likely N-dealkylation sites (N-methyl/N-ethyl adjacent to an activating group) is 1. The molecule has 0 saturated carbocycles. The quantitative estimate of drug-likeness (QED) is 0.118. The molecule has 0 heterocycles. The van der Waals surface area contributed by atoms with Crippen molar-refractivity contribution in [3.63, 3.8) is 0 Å². The molecule has 0 rings (SSSR count). The fourth-order valence-electron chi connectivity index (χ4n) is 4.14. The first-order chi connectivity index (χ1) is 13.4. The van der Waals surface area contributed by atoms with Crippen LogP contribution in [0.2, 0.25) is 0 Å². The number of quaternary nitrogens is 1. The van der Waals surface area contributed by atoms with Crippen molar-refractivity contribution < 1.29 is 14.7 Å². The maximum absolute atomic E-state index is 9.51. The van der Waals surface area contributed by atoms with Gasteiger partial charge in [0.1, 0.15) is 24.6 Å². The third-order valence-electron chi connectivity index (χ3n) is 5.68. The second kappa shape index (κ2) is 18.1. The van der Waals surface area contributed by atoms with Crippen molar-refractivity contribution in [2.24, 2.45) is 0 Å². The number of nitrogens with zero attached hydrogens (tertiary/aromatic N) is 1. The lowest BCUT2D eigenvalue weighted by Crippen LogP contribution is -2.47. The number of hydrogen-bond acceptors (Lipinski definition) is 2. The highest BCUT2D eigenvalue weighted by Crippen LogP contribution is 2.15. The molecule has 0 amide bonds. The molecule has 0 aromatic heterocycles. The van der Waals surface area contributed by atoms with Crippen molar-refractivity contribution in [3.05, 3.63) is 24.7 Å². The van der Waals surface area contributed by atoms with Crippen molar-refractivity contribution in [2.45, 2.75) is 110 Å². The van der Waals surface area contributed by atoms with Gasteiger partial charge in [-0.3, -0.25) is 0 Å². The van der Waals surface area contributed by atoms with Crippen LogP contribution >= 0.6 is 0 Å². The summed E-state index contributed by atoms with van der Waals surface area (Å²) >= 11 is 0. The monoisotopic (exact) mass is 396 g/mol. The lowest BCUT2D eigenvalue weighted by Gasteiger charge is -2.33. The van der Waals surface area contributed by atoms with E-state index in [1.165, 1.54) is 96.3 Å². The first-order valence-corrected chi connectivity index (χ1v) is 12.0. The maximum atomic E-state index is 9.51. The van der Waals surface area contributed by atoms with Crippen molar-refractivity contribution in [3.8, 4) is 0 Å². The number of rotatable bonds is 21. The molecule has 3 nitrogen and oxygen atoms in total. The second-order valence-corrected chi connectivity index (χ2v) is 9.10. The minimum atomic E-state index is 0.181. The maximum Gasteiger partial charge on any atom is 0.139 e. The molecule has 0 spiro atoms. The van der Waals surface area contributed by atoms with Crippen LogP contribution < -0.4 is 0 Å². The number of aliphatic hydroxyl groups excluding tert-OH is 2. The number of unbranched alkanes of at least 4 members (excludes halogenated alkanes) is 15. The summed E-state index contributed by atoms with van der Waals surface area (Å²) in [5.74, 6) is 0.362. The zero-order valence-electron chi connectivity index (χ0n) is 19.2. The van der Waals surface area contributed by atoms with Crippen LogP contribution in [0.1, 0.15) is 110 Å². The standard InChI is InChI=1S/C25H49NO2/c1-5-6-7-8-9-10-11-12-13-14-15-16-17-18-19-20-21-26(4,22-24(2)27)23-25(3)28/h2-3,5-23H2,1,4H3,(H-,27,28)/p+1. The average molecular weight is 397 g/mol. The number of aliphatic hydroxyl groups is 2. The van der Waals surface area contributed by atoms with E-state index in [2.05, 4.69) is 20.1 Å². The van der Waals surface area contributed by atoms with Gasteiger partial charge in [0.15, 0.2) is 0 Å². The predicted molar refractivity (Wildman–Crippen MR) is 124 cm³/mol. The topological polar surface area (TPSA) is 40.5 Å². The van der Waals surface area contributed by atoms with Crippen molar-refractivity contribution in [2.75, 3.05) is 26.7 Å². The molecule has 0 aliphatic carbocycles. The Morgan fingerprint density at radius 2 is 0.857 bits per heavy atom. The molecule has 166 valence electrons. The third-order valence-corrected chi connectivity index (χ3v) is 5.68. The van der Waals surface area contributed by atoms with Crippen molar-refractivity contribution in [1.29, 1.82) is 0 Å². The van der Waals surface area contributed by atoms with E-state index in [-0.39, 0.29) is 11.5 Å². The summed E-state index contributed by atoms with van der Waals surface area (Å²) in [7, 11) is 2.05. The molecular weight excluding hydrogens is 346 g/mol. The van der Waals surface area contributed by atoms with Gasteiger partial charge in [-0.05, 0) is 12.8 Å². The Balaban J connectivity index is 3.46. The van der Waals surface area contributed by atoms with Gasteiger partial charge in [0, 0.05) is 0 Å². The summed E-state index contributed by atoms with van der Waals surface area (Å²) in [5.41, 5.74) is 0. The zero-order chi connectivity index (χ0) is 21.1. The Bertz CT molecular complexity index is 376. The minimum absolute atomic E-state index is 0.181. The van der Waals surface area contributed by atoms with Crippen LogP contribution in [0.5, 0.6) is 0 Å². The largest absolute Gasteiger partial charge is 0.507 e. The molecule has 2 N–H and O–H groups in total. The van der Waals surface area contributed by atoms with Gasteiger partial charge in [-0.15, -0.1) is 0 Å².